The molecule has 1 heterocycles. The van der Waals surface area contributed by atoms with Crippen molar-refractivity contribution in [3.63, 3.8) is 0 Å². The van der Waals surface area contributed by atoms with Crippen LogP contribution in [0.15, 0.2) is 33.2 Å². The Balaban J connectivity index is 2.40. The van der Waals surface area contributed by atoms with E-state index in [2.05, 4.69) is 15.9 Å². The van der Waals surface area contributed by atoms with Crippen molar-refractivity contribution in [2.24, 2.45) is 0 Å². The van der Waals surface area contributed by atoms with Crippen molar-refractivity contribution >= 4 is 39.1 Å². The lowest BCUT2D eigenvalue weighted by Gasteiger charge is -2.16. The number of benzene rings is 1. The van der Waals surface area contributed by atoms with Crippen LogP contribution in [0.2, 0.25) is 5.22 Å². The normalized spacial score (nSPS) is 12.2. The van der Waals surface area contributed by atoms with E-state index in [9.17, 15) is 0 Å². The molecular formula is C15H15BrCl2O3. The Hall–Kier alpha value is -0.840. The van der Waals surface area contributed by atoms with Gasteiger partial charge in [0.1, 0.15) is 11.1 Å². The summed E-state index contributed by atoms with van der Waals surface area (Å²) < 4.78 is 17.4. The number of alkyl halides is 1. The maximum atomic E-state index is 6.47. The van der Waals surface area contributed by atoms with Crippen LogP contribution in [0.5, 0.6) is 11.5 Å². The lowest BCUT2D eigenvalue weighted by atomic mass is 10.1. The molecule has 1 unspecified atom stereocenters. The molecular weight excluding hydrogens is 379 g/mol. The third-order valence-electron chi connectivity index (χ3n) is 2.78. The van der Waals surface area contributed by atoms with Crippen molar-refractivity contribution in [1.29, 1.82) is 0 Å². The Bertz CT molecular complexity index is 613. The zero-order chi connectivity index (χ0) is 15.4. The monoisotopic (exact) mass is 392 g/mol. The van der Waals surface area contributed by atoms with E-state index in [1.165, 1.54) is 0 Å². The maximum absolute atomic E-state index is 6.47. The van der Waals surface area contributed by atoms with Crippen molar-refractivity contribution in [1.82, 2.24) is 0 Å². The van der Waals surface area contributed by atoms with Gasteiger partial charge in [0.2, 0.25) is 0 Å². The quantitative estimate of drug-likeness (QED) is 0.579. The standard InChI is InChI=1S/C15H15BrCl2O3/c1-3-19-12-7-9(10(16)8-13(12)20-4-2)15(18)11-5-6-14(17)21-11/h5-8,15H,3-4H2,1-2H3. The first-order valence-electron chi connectivity index (χ1n) is 6.55. The topological polar surface area (TPSA) is 31.6 Å². The molecule has 0 N–H and O–H groups in total. The minimum atomic E-state index is -0.471. The molecule has 0 saturated carbocycles. The van der Waals surface area contributed by atoms with E-state index in [1.54, 1.807) is 12.1 Å². The van der Waals surface area contributed by atoms with Crippen LogP contribution in [0.1, 0.15) is 30.5 Å². The van der Waals surface area contributed by atoms with Gasteiger partial charge in [0.15, 0.2) is 16.7 Å². The SMILES string of the molecule is CCOc1cc(Br)c(C(Cl)c2ccc(Cl)o2)cc1OCC. The molecule has 0 saturated heterocycles. The Morgan fingerprint density at radius 1 is 1.14 bits per heavy atom. The molecule has 0 bridgehead atoms. The number of hydrogen-bond acceptors (Lipinski definition) is 3. The van der Waals surface area contributed by atoms with E-state index < -0.39 is 5.38 Å². The van der Waals surface area contributed by atoms with Gasteiger partial charge in [0.25, 0.3) is 0 Å². The molecule has 1 atom stereocenters. The average Bonchev–Trinajstić information content (AvgIpc) is 2.88. The van der Waals surface area contributed by atoms with Gasteiger partial charge in [-0.1, -0.05) is 15.9 Å². The summed E-state index contributed by atoms with van der Waals surface area (Å²) in [5.74, 6) is 1.91. The molecule has 0 amide bonds. The first-order valence-corrected chi connectivity index (χ1v) is 8.15. The van der Waals surface area contributed by atoms with Gasteiger partial charge >= 0.3 is 0 Å². The van der Waals surface area contributed by atoms with Gasteiger partial charge in [-0.05, 0) is 55.3 Å². The molecule has 21 heavy (non-hydrogen) atoms. The van der Waals surface area contributed by atoms with Crippen LogP contribution in [0.3, 0.4) is 0 Å². The predicted octanol–water partition coefficient (Wildman–Crippen LogP) is 5.82. The Kier molecular flexibility index (Phi) is 5.85. The van der Waals surface area contributed by atoms with E-state index >= 15 is 0 Å². The third-order valence-corrected chi connectivity index (χ3v) is 4.12. The molecule has 1 aromatic heterocycles. The summed E-state index contributed by atoms with van der Waals surface area (Å²) in [6, 6.07) is 7.12. The smallest absolute Gasteiger partial charge is 0.193 e. The minimum Gasteiger partial charge on any atom is -0.490 e. The Labute approximate surface area is 142 Å². The van der Waals surface area contributed by atoms with Crippen LogP contribution in [0.4, 0.5) is 0 Å². The molecule has 114 valence electrons. The van der Waals surface area contributed by atoms with Crippen LogP contribution in [-0.4, -0.2) is 13.2 Å². The van der Waals surface area contributed by atoms with Gasteiger partial charge in [0, 0.05) is 4.47 Å². The number of ether oxygens (including phenoxy) is 2. The minimum absolute atomic E-state index is 0.308. The number of rotatable bonds is 6. The summed E-state index contributed by atoms with van der Waals surface area (Å²) in [6.45, 7) is 4.94. The van der Waals surface area contributed by atoms with Gasteiger partial charge in [-0.2, -0.15) is 0 Å². The van der Waals surface area contributed by atoms with E-state index in [4.69, 9.17) is 37.1 Å². The molecule has 1 aromatic carbocycles. The summed E-state index contributed by atoms with van der Waals surface area (Å²) in [7, 11) is 0. The predicted molar refractivity (Wildman–Crippen MR) is 87.9 cm³/mol. The summed E-state index contributed by atoms with van der Waals surface area (Å²) in [5, 5.41) is -0.163. The highest BCUT2D eigenvalue weighted by Crippen LogP contribution is 2.41. The van der Waals surface area contributed by atoms with Crippen molar-refractivity contribution in [2.45, 2.75) is 19.2 Å². The molecule has 3 nitrogen and oxygen atoms in total. The fourth-order valence-electron chi connectivity index (χ4n) is 1.90. The van der Waals surface area contributed by atoms with Crippen LogP contribution in [0.25, 0.3) is 0 Å². The summed E-state index contributed by atoms with van der Waals surface area (Å²) in [6.07, 6.45) is 0. The highest BCUT2D eigenvalue weighted by atomic mass is 79.9. The second-order valence-corrected chi connectivity index (χ2v) is 5.85. The van der Waals surface area contributed by atoms with E-state index in [1.807, 2.05) is 26.0 Å². The van der Waals surface area contributed by atoms with Gasteiger partial charge < -0.3 is 13.9 Å². The molecule has 6 heteroatoms. The van der Waals surface area contributed by atoms with Crippen molar-refractivity contribution in [2.75, 3.05) is 13.2 Å². The molecule has 2 aromatic rings. The van der Waals surface area contributed by atoms with Crippen LogP contribution >= 0.6 is 39.1 Å². The van der Waals surface area contributed by atoms with Gasteiger partial charge in [-0.15, -0.1) is 11.6 Å². The first-order chi connectivity index (χ1) is 10.1. The molecule has 0 aliphatic heterocycles. The molecule has 0 spiro atoms. The largest absolute Gasteiger partial charge is 0.490 e. The lowest BCUT2D eigenvalue weighted by molar-refractivity contribution is 0.287. The fraction of sp³-hybridized carbons (Fsp3) is 0.333. The van der Waals surface area contributed by atoms with Crippen LogP contribution in [0, 0.1) is 0 Å². The van der Waals surface area contributed by atoms with E-state index in [0.29, 0.717) is 35.7 Å². The van der Waals surface area contributed by atoms with Crippen molar-refractivity contribution < 1.29 is 13.9 Å². The summed E-state index contributed by atoms with van der Waals surface area (Å²) >= 11 is 15.8. The lowest BCUT2D eigenvalue weighted by Crippen LogP contribution is -2.01. The van der Waals surface area contributed by atoms with Gasteiger partial charge in [0.05, 0.1) is 13.2 Å². The first kappa shape index (κ1) is 16.5. The van der Waals surface area contributed by atoms with Crippen LogP contribution in [-0.2, 0) is 0 Å². The van der Waals surface area contributed by atoms with E-state index in [-0.39, 0.29) is 0 Å². The van der Waals surface area contributed by atoms with E-state index in [0.717, 1.165) is 10.0 Å². The van der Waals surface area contributed by atoms with Crippen LogP contribution < -0.4 is 9.47 Å². The van der Waals surface area contributed by atoms with Crippen molar-refractivity contribution in [3.8, 4) is 11.5 Å². The number of hydrogen-bond donors (Lipinski definition) is 0. The van der Waals surface area contributed by atoms with Gasteiger partial charge in [-0.25, -0.2) is 0 Å². The molecule has 2 rings (SSSR count). The van der Waals surface area contributed by atoms with Crippen molar-refractivity contribution in [3.05, 3.63) is 45.3 Å². The molecule has 0 aliphatic carbocycles. The second-order valence-electron chi connectivity index (χ2n) is 4.19. The summed E-state index contributed by atoms with van der Waals surface area (Å²) in [5.41, 5.74) is 0.828. The Morgan fingerprint density at radius 3 is 2.29 bits per heavy atom. The second kappa shape index (κ2) is 7.43. The highest BCUT2D eigenvalue weighted by Gasteiger charge is 2.21. The molecule has 0 aliphatic rings. The Morgan fingerprint density at radius 2 is 1.76 bits per heavy atom. The average molecular weight is 394 g/mol. The highest BCUT2D eigenvalue weighted by molar-refractivity contribution is 9.10. The number of halogens is 3. The zero-order valence-corrected chi connectivity index (χ0v) is 14.8. The van der Waals surface area contributed by atoms with Gasteiger partial charge in [-0.3, -0.25) is 0 Å². The maximum Gasteiger partial charge on any atom is 0.193 e. The fourth-order valence-corrected chi connectivity index (χ4v) is 3.03. The third kappa shape index (κ3) is 3.87. The summed E-state index contributed by atoms with van der Waals surface area (Å²) in [4.78, 5) is 0. The molecule has 0 fully saturated rings. The molecule has 0 radical (unpaired) electrons. The number of furan rings is 1. The zero-order valence-electron chi connectivity index (χ0n) is 11.7.